The Kier molecular flexibility index (Phi) is 6.29. The first-order valence-electron chi connectivity index (χ1n) is 6.47. The first kappa shape index (κ1) is 16.8. The minimum Gasteiger partial charge on any atom is -0.486 e. The van der Waals surface area contributed by atoms with Gasteiger partial charge in [-0.2, -0.15) is 11.8 Å². The standard InChI is InChI=1S/C14H22N2O3S/c1-14(2,3)15-10-11-5-6-13(19-7-8-20-4)12(9-11)16(17)18/h5-6,9,15H,7-8,10H2,1-4H3. The van der Waals surface area contributed by atoms with E-state index < -0.39 is 4.92 Å². The lowest BCUT2D eigenvalue weighted by molar-refractivity contribution is -0.385. The molecular weight excluding hydrogens is 276 g/mol. The molecule has 0 bridgehead atoms. The summed E-state index contributed by atoms with van der Waals surface area (Å²) in [4.78, 5) is 10.7. The van der Waals surface area contributed by atoms with Crippen molar-refractivity contribution in [2.75, 3.05) is 18.6 Å². The number of nitro groups is 1. The highest BCUT2D eigenvalue weighted by Gasteiger charge is 2.17. The van der Waals surface area contributed by atoms with Crippen LogP contribution in [0.3, 0.4) is 0 Å². The fourth-order valence-electron chi connectivity index (χ4n) is 1.54. The maximum Gasteiger partial charge on any atom is 0.311 e. The van der Waals surface area contributed by atoms with E-state index in [9.17, 15) is 10.1 Å². The van der Waals surface area contributed by atoms with Crippen LogP contribution in [0.2, 0.25) is 0 Å². The normalized spacial score (nSPS) is 11.4. The molecule has 0 amide bonds. The lowest BCUT2D eigenvalue weighted by Gasteiger charge is -2.20. The van der Waals surface area contributed by atoms with Crippen molar-refractivity contribution in [1.82, 2.24) is 5.32 Å². The van der Waals surface area contributed by atoms with Gasteiger partial charge in [0.2, 0.25) is 0 Å². The van der Waals surface area contributed by atoms with E-state index >= 15 is 0 Å². The number of ether oxygens (including phenoxy) is 1. The van der Waals surface area contributed by atoms with Crippen LogP contribution >= 0.6 is 11.8 Å². The largest absolute Gasteiger partial charge is 0.486 e. The molecule has 0 heterocycles. The molecule has 0 aliphatic heterocycles. The molecule has 0 unspecified atom stereocenters. The van der Waals surface area contributed by atoms with Gasteiger partial charge in [-0.15, -0.1) is 0 Å². The summed E-state index contributed by atoms with van der Waals surface area (Å²) in [6.07, 6.45) is 1.97. The lowest BCUT2D eigenvalue weighted by Crippen LogP contribution is -2.35. The highest BCUT2D eigenvalue weighted by Crippen LogP contribution is 2.28. The second-order valence-electron chi connectivity index (χ2n) is 5.50. The zero-order valence-electron chi connectivity index (χ0n) is 12.4. The fraction of sp³-hybridized carbons (Fsp3) is 0.571. The van der Waals surface area contributed by atoms with Crippen molar-refractivity contribution in [3.63, 3.8) is 0 Å². The zero-order valence-corrected chi connectivity index (χ0v) is 13.3. The van der Waals surface area contributed by atoms with Gasteiger partial charge in [-0.05, 0) is 38.7 Å². The molecular formula is C14H22N2O3S. The van der Waals surface area contributed by atoms with Crippen molar-refractivity contribution >= 4 is 17.4 Å². The summed E-state index contributed by atoms with van der Waals surface area (Å²) in [7, 11) is 0. The highest BCUT2D eigenvalue weighted by atomic mass is 32.2. The van der Waals surface area contributed by atoms with Crippen LogP contribution in [-0.2, 0) is 6.54 Å². The Balaban J connectivity index is 2.81. The summed E-state index contributed by atoms with van der Waals surface area (Å²) in [6.45, 7) is 7.24. The number of thioether (sulfide) groups is 1. The monoisotopic (exact) mass is 298 g/mol. The van der Waals surface area contributed by atoms with E-state index in [0.29, 0.717) is 18.9 Å². The van der Waals surface area contributed by atoms with Crippen molar-refractivity contribution in [3.8, 4) is 5.75 Å². The Bertz CT molecular complexity index is 458. The molecule has 5 nitrogen and oxygen atoms in total. The Morgan fingerprint density at radius 2 is 2.10 bits per heavy atom. The van der Waals surface area contributed by atoms with Gasteiger partial charge in [-0.25, -0.2) is 0 Å². The molecule has 0 fully saturated rings. The molecule has 1 aromatic rings. The van der Waals surface area contributed by atoms with Gasteiger partial charge < -0.3 is 10.1 Å². The van der Waals surface area contributed by atoms with Crippen LogP contribution < -0.4 is 10.1 Å². The molecule has 0 radical (unpaired) electrons. The van der Waals surface area contributed by atoms with Crippen LogP contribution in [0.15, 0.2) is 18.2 Å². The lowest BCUT2D eigenvalue weighted by atomic mass is 10.1. The molecule has 0 aliphatic rings. The molecule has 1 rings (SSSR count). The molecule has 0 saturated heterocycles. The van der Waals surface area contributed by atoms with E-state index in [-0.39, 0.29) is 11.2 Å². The number of nitro benzene ring substituents is 1. The quantitative estimate of drug-likeness (QED) is 0.475. The second kappa shape index (κ2) is 7.50. The maximum absolute atomic E-state index is 11.1. The van der Waals surface area contributed by atoms with Gasteiger partial charge in [0.1, 0.15) is 0 Å². The number of benzene rings is 1. The molecule has 0 aliphatic carbocycles. The van der Waals surface area contributed by atoms with Crippen LogP contribution in [0, 0.1) is 10.1 Å². The fourth-order valence-corrected chi connectivity index (χ4v) is 1.79. The molecule has 1 N–H and O–H groups in total. The molecule has 0 atom stereocenters. The van der Waals surface area contributed by atoms with Gasteiger partial charge in [-0.1, -0.05) is 6.07 Å². The van der Waals surface area contributed by atoms with Crippen LogP contribution in [0.5, 0.6) is 5.75 Å². The van der Waals surface area contributed by atoms with E-state index in [2.05, 4.69) is 26.1 Å². The number of nitrogens with one attached hydrogen (secondary N) is 1. The zero-order chi connectivity index (χ0) is 15.2. The SMILES string of the molecule is CSCCOc1ccc(CNC(C)(C)C)cc1[N+](=O)[O-]. The van der Waals surface area contributed by atoms with Gasteiger partial charge in [-0.3, -0.25) is 10.1 Å². The predicted molar refractivity (Wildman–Crippen MR) is 83.6 cm³/mol. The summed E-state index contributed by atoms with van der Waals surface area (Å²) in [5.74, 6) is 1.15. The van der Waals surface area contributed by atoms with Crippen LogP contribution in [0.25, 0.3) is 0 Å². The molecule has 20 heavy (non-hydrogen) atoms. The number of hydrogen-bond acceptors (Lipinski definition) is 5. The molecule has 0 aromatic heterocycles. The number of rotatable bonds is 7. The highest BCUT2D eigenvalue weighted by molar-refractivity contribution is 7.98. The van der Waals surface area contributed by atoms with Crippen LogP contribution in [0.1, 0.15) is 26.3 Å². The molecule has 1 aromatic carbocycles. The Labute approximate surface area is 124 Å². The summed E-state index contributed by atoms with van der Waals surface area (Å²) in [5.41, 5.74) is 0.880. The molecule has 6 heteroatoms. The number of hydrogen-bond donors (Lipinski definition) is 1. The average molecular weight is 298 g/mol. The molecule has 0 saturated carbocycles. The van der Waals surface area contributed by atoms with E-state index in [0.717, 1.165) is 11.3 Å². The Hall–Kier alpha value is -1.27. The topological polar surface area (TPSA) is 64.4 Å². The second-order valence-corrected chi connectivity index (χ2v) is 6.49. The third kappa shape index (κ3) is 5.79. The van der Waals surface area contributed by atoms with Gasteiger partial charge in [0, 0.05) is 23.9 Å². The van der Waals surface area contributed by atoms with Gasteiger partial charge >= 0.3 is 5.69 Å². The first-order chi connectivity index (χ1) is 9.33. The van der Waals surface area contributed by atoms with E-state index in [4.69, 9.17) is 4.74 Å². The first-order valence-corrected chi connectivity index (χ1v) is 7.87. The van der Waals surface area contributed by atoms with Crippen molar-refractivity contribution in [3.05, 3.63) is 33.9 Å². The minimum absolute atomic E-state index is 0.0255. The Morgan fingerprint density at radius 1 is 1.40 bits per heavy atom. The summed E-state index contributed by atoms with van der Waals surface area (Å²) >= 11 is 1.64. The summed E-state index contributed by atoms with van der Waals surface area (Å²) in [6, 6.07) is 5.12. The van der Waals surface area contributed by atoms with E-state index in [1.165, 1.54) is 0 Å². The van der Waals surface area contributed by atoms with Crippen molar-refractivity contribution in [2.24, 2.45) is 0 Å². The summed E-state index contributed by atoms with van der Waals surface area (Å²) < 4.78 is 5.46. The van der Waals surface area contributed by atoms with Gasteiger partial charge in [0.15, 0.2) is 5.75 Å². The Morgan fingerprint density at radius 3 is 2.65 bits per heavy atom. The molecule has 112 valence electrons. The van der Waals surface area contributed by atoms with Crippen molar-refractivity contribution in [1.29, 1.82) is 0 Å². The van der Waals surface area contributed by atoms with Crippen LogP contribution in [0.4, 0.5) is 5.69 Å². The maximum atomic E-state index is 11.1. The molecule has 0 spiro atoms. The van der Waals surface area contributed by atoms with Crippen molar-refractivity contribution in [2.45, 2.75) is 32.9 Å². The predicted octanol–water partition coefficient (Wildman–Crippen LogP) is 3.22. The van der Waals surface area contributed by atoms with Gasteiger partial charge in [0.25, 0.3) is 0 Å². The third-order valence-electron chi connectivity index (χ3n) is 2.59. The third-order valence-corrected chi connectivity index (χ3v) is 3.16. The summed E-state index contributed by atoms with van der Waals surface area (Å²) in [5, 5.41) is 14.4. The van der Waals surface area contributed by atoms with Crippen LogP contribution in [-0.4, -0.2) is 29.1 Å². The minimum atomic E-state index is -0.394. The van der Waals surface area contributed by atoms with Crippen molar-refractivity contribution < 1.29 is 9.66 Å². The van der Waals surface area contributed by atoms with E-state index in [1.54, 1.807) is 23.9 Å². The average Bonchev–Trinajstić information content (AvgIpc) is 2.36. The van der Waals surface area contributed by atoms with Gasteiger partial charge in [0.05, 0.1) is 11.5 Å². The number of nitrogens with zero attached hydrogens (tertiary/aromatic N) is 1. The van der Waals surface area contributed by atoms with E-state index in [1.807, 2.05) is 12.3 Å². The smallest absolute Gasteiger partial charge is 0.311 e.